The summed E-state index contributed by atoms with van der Waals surface area (Å²) in [5, 5.41) is 56.4. The van der Waals surface area contributed by atoms with Crippen molar-refractivity contribution in [3.63, 3.8) is 0 Å². The van der Waals surface area contributed by atoms with E-state index in [9.17, 15) is 30.0 Å². The summed E-state index contributed by atoms with van der Waals surface area (Å²) < 4.78 is 11.1. The van der Waals surface area contributed by atoms with Gasteiger partial charge in [-0.15, -0.1) is 0 Å². The summed E-state index contributed by atoms with van der Waals surface area (Å²) in [6.07, 6.45) is 16.4. The Labute approximate surface area is 280 Å². The summed E-state index contributed by atoms with van der Waals surface area (Å²) in [6.45, 7) is 2.02. The van der Waals surface area contributed by atoms with Gasteiger partial charge in [0.15, 0.2) is 0 Å². The molecule has 0 saturated heterocycles. The maximum atomic E-state index is 12.8. The number of aliphatic hydroxyl groups excluding tert-OH is 3. The summed E-state index contributed by atoms with van der Waals surface area (Å²) in [5.41, 5.74) is -3.65. The lowest BCUT2D eigenvalue weighted by molar-refractivity contribution is -0.292. The van der Waals surface area contributed by atoms with Crippen molar-refractivity contribution in [2.45, 2.75) is 165 Å². The van der Waals surface area contributed by atoms with Crippen molar-refractivity contribution in [3.05, 3.63) is 34.4 Å². The predicted octanol–water partition coefficient (Wildman–Crippen LogP) is 5.52. The van der Waals surface area contributed by atoms with E-state index in [4.69, 9.17) is 14.3 Å². The second-order valence-corrected chi connectivity index (χ2v) is 15.8. The standard InChI is InChI=1S/C38H60O9/c1-35-24-31(41)34-30(38(35,45)21-18-29(35)27-14-15-32(42)46-25-27)17-20-37(44)23-28(16-19-36(34,37)26-40)47-33(43)13-11-9-7-5-3-2-4-6-8-10-12-22-39/h14-15,25,28-31,34,39-41,44-45H,2-13,16-24,26H2,1H3/t28-,29+,30?,31+,34?,35+,36-,37-,38-/m0/s1. The first-order valence-corrected chi connectivity index (χ1v) is 18.7. The van der Waals surface area contributed by atoms with Crippen LogP contribution in [-0.2, 0) is 9.53 Å². The molecule has 266 valence electrons. The normalized spacial score (nSPS) is 38.0. The van der Waals surface area contributed by atoms with Gasteiger partial charge in [0.05, 0.1) is 30.2 Å². The molecule has 4 saturated carbocycles. The van der Waals surface area contributed by atoms with Crippen LogP contribution in [0.3, 0.4) is 0 Å². The van der Waals surface area contributed by atoms with E-state index in [-0.39, 0.29) is 30.8 Å². The highest BCUT2D eigenvalue weighted by Crippen LogP contribution is 2.71. The number of hydrogen-bond acceptors (Lipinski definition) is 9. The highest BCUT2D eigenvalue weighted by atomic mass is 16.5. The summed E-state index contributed by atoms with van der Waals surface area (Å²) >= 11 is 0. The van der Waals surface area contributed by atoms with Crippen LogP contribution in [0.15, 0.2) is 27.6 Å². The SMILES string of the molecule is C[C@]12C[C@@H](O)C3C(CC[C@]4(O)C[C@@H](OC(=O)CCCCCCCCCCCCCO)CC[C@]34CO)[C@@]1(O)CC[C@@H]2c1ccc(=O)oc1. The molecule has 47 heavy (non-hydrogen) atoms. The van der Waals surface area contributed by atoms with E-state index in [0.717, 1.165) is 37.7 Å². The van der Waals surface area contributed by atoms with Gasteiger partial charge in [0, 0.05) is 42.3 Å². The third-order valence-corrected chi connectivity index (χ3v) is 13.3. The number of unbranched alkanes of at least 4 members (excludes halogenated alkanes) is 10. The van der Waals surface area contributed by atoms with Crippen LogP contribution in [0.2, 0.25) is 0 Å². The van der Waals surface area contributed by atoms with E-state index in [1.54, 1.807) is 6.07 Å². The van der Waals surface area contributed by atoms with Crippen LogP contribution >= 0.6 is 0 Å². The van der Waals surface area contributed by atoms with Gasteiger partial charge in [-0.3, -0.25) is 4.79 Å². The van der Waals surface area contributed by atoms with Crippen LogP contribution in [0, 0.1) is 22.7 Å². The zero-order valence-electron chi connectivity index (χ0n) is 28.5. The molecule has 1 heterocycles. The minimum absolute atomic E-state index is 0.0910. The Hall–Kier alpha value is -1.78. The molecule has 0 amide bonds. The van der Waals surface area contributed by atoms with Crippen LogP contribution in [0.25, 0.3) is 0 Å². The molecule has 4 aliphatic carbocycles. The van der Waals surface area contributed by atoms with Crippen LogP contribution in [0.4, 0.5) is 0 Å². The summed E-state index contributed by atoms with van der Waals surface area (Å²) in [7, 11) is 0. The molecule has 0 aromatic carbocycles. The van der Waals surface area contributed by atoms with E-state index in [0.29, 0.717) is 58.0 Å². The minimum Gasteiger partial charge on any atom is -0.462 e. The van der Waals surface area contributed by atoms with Gasteiger partial charge >= 0.3 is 11.6 Å². The monoisotopic (exact) mass is 660 g/mol. The number of esters is 1. The van der Waals surface area contributed by atoms with Crippen LogP contribution in [0.1, 0.15) is 147 Å². The molecular formula is C38H60O9. The number of hydrogen-bond donors (Lipinski definition) is 5. The van der Waals surface area contributed by atoms with Gasteiger partial charge in [0.2, 0.25) is 0 Å². The smallest absolute Gasteiger partial charge is 0.335 e. The quantitative estimate of drug-likeness (QED) is 0.114. The Morgan fingerprint density at radius 3 is 2.15 bits per heavy atom. The number of carbonyl (C=O) groups is 1. The zero-order valence-corrected chi connectivity index (χ0v) is 28.5. The van der Waals surface area contributed by atoms with Gasteiger partial charge in [-0.05, 0) is 81.3 Å². The summed E-state index contributed by atoms with van der Waals surface area (Å²) in [6, 6.07) is 3.16. The molecule has 9 atom stereocenters. The van der Waals surface area contributed by atoms with Crippen molar-refractivity contribution in [2.75, 3.05) is 13.2 Å². The molecule has 4 aliphatic rings. The van der Waals surface area contributed by atoms with Crippen molar-refractivity contribution in [2.24, 2.45) is 22.7 Å². The average molecular weight is 661 g/mol. The molecule has 4 fully saturated rings. The highest BCUT2D eigenvalue weighted by Gasteiger charge is 2.73. The fraction of sp³-hybridized carbons (Fsp3) is 0.842. The molecule has 2 unspecified atom stereocenters. The molecule has 9 heteroatoms. The zero-order chi connectivity index (χ0) is 33.7. The molecule has 0 radical (unpaired) electrons. The van der Waals surface area contributed by atoms with Gasteiger partial charge < -0.3 is 34.7 Å². The van der Waals surface area contributed by atoms with Crippen molar-refractivity contribution in [3.8, 4) is 0 Å². The number of fused-ring (bicyclic) bond motifs is 5. The van der Waals surface area contributed by atoms with Crippen molar-refractivity contribution in [1.82, 2.24) is 0 Å². The Kier molecular flexibility index (Phi) is 12.0. The molecule has 0 spiro atoms. The van der Waals surface area contributed by atoms with Gasteiger partial charge in [-0.1, -0.05) is 64.7 Å². The Bertz CT molecular complexity index is 1210. The maximum absolute atomic E-state index is 12.8. The number of ether oxygens (including phenoxy) is 1. The average Bonchev–Trinajstić information content (AvgIpc) is 3.31. The van der Waals surface area contributed by atoms with Crippen molar-refractivity contribution < 1.29 is 39.5 Å². The lowest BCUT2D eigenvalue weighted by Crippen LogP contribution is -2.72. The first kappa shape index (κ1) is 36.5. The van der Waals surface area contributed by atoms with Crippen LogP contribution in [-0.4, -0.2) is 68.1 Å². The molecule has 1 aromatic rings. The Morgan fingerprint density at radius 1 is 0.872 bits per heavy atom. The number of carbonyl (C=O) groups excluding carboxylic acids is 1. The van der Waals surface area contributed by atoms with Gasteiger partial charge in [0.25, 0.3) is 0 Å². The summed E-state index contributed by atoms with van der Waals surface area (Å²) in [4.78, 5) is 24.4. The van der Waals surface area contributed by atoms with Crippen LogP contribution in [0.5, 0.6) is 0 Å². The van der Waals surface area contributed by atoms with E-state index < -0.39 is 45.8 Å². The fourth-order valence-electron chi connectivity index (χ4n) is 10.8. The third kappa shape index (κ3) is 7.12. The highest BCUT2D eigenvalue weighted by molar-refractivity contribution is 5.69. The minimum atomic E-state index is -1.31. The van der Waals surface area contributed by atoms with E-state index in [2.05, 4.69) is 0 Å². The van der Waals surface area contributed by atoms with Gasteiger partial charge in [0.1, 0.15) is 6.10 Å². The second kappa shape index (κ2) is 15.4. The number of rotatable bonds is 16. The van der Waals surface area contributed by atoms with Crippen molar-refractivity contribution in [1.29, 1.82) is 0 Å². The van der Waals surface area contributed by atoms with Crippen molar-refractivity contribution >= 4 is 5.97 Å². The molecule has 5 rings (SSSR count). The topological polar surface area (TPSA) is 158 Å². The molecule has 5 N–H and O–H groups in total. The van der Waals surface area contributed by atoms with E-state index in [1.807, 2.05) is 6.92 Å². The lowest BCUT2D eigenvalue weighted by atomic mass is 9.41. The maximum Gasteiger partial charge on any atom is 0.335 e. The Balaban J connectivity index is 1.13. The fourth-order valence-corrected chi connectivity index (χ4v) is 10.8. The second-order valence-electron chi connectivity index (χ2n) is 15.8. The first-order valence-electron chi connectivity index (χ1n) is 18.7. The van der Waals surface area contributed by atoms with Crippen LogP contribution < -0.4 is 5.63 Å². The summed E-state index contributed by atoms with van der Waals surface area (Å²) in [5.74, 6) is -1.12. The molecule has 0 bridgehead atoms. The Morgan fingerprint density at radius 2 is 1.53 bits per heavy atom. The van der Waals surface area contributed by atoms with Gasteiger partial charge in [-0.2, -0.15) is 0 Å². The number of aliphatic hydroxyl groups is 5. The third-order valence-electron chi connectivity index (χ3n) is 13.3. The lowest BCUT2D eigenvalue weighted by Gasteiger charge is -2.67. The van der Waals surface area contributed by atoms with E-state index >= 15 is 0 Å². The van der Waals surface area contributed by atoms with Gasteiger partial charge in [-0.25, -0.2) is 4.79 Å². The molecule has 1 aromatic heterocycles. The molecular weight excluding hydrogens is 600 g/mol. The largest absolute Gasteiger partial charge is 0.462 e. The molecule has 0 aliphatic heterocycles. The first-order chi connectivity index (χ1) is 22.5. The molecule has 9 nitrogen and oxygen atoms in total. The predicted molar refractivity (Wildman–Crippen MR) is 178 cm³/mol. The van der Waals surface area contributed by atoms with E-state index in [1.165, 1.54) is 50.9 Å².